The number of hydrogen-bond donors (Lipinski definition) is 19. The molecule has 0 aromatic carbocycles. The lowest BCUT2D eigenvalue weighted by Gasteiger charge is -2.24. The quantitative estimate of drug-likeness (QED) is 0.0193. The molecule has 128 heavy (non-hydrogen) atoms. The molecule has 0 aliphatic carbocycles. The Bertz CT molecular complexity index is 5910. The molecule has 64 heteroatoms. The second kappa shape index (κ2) is 39.5. The SMILES string of the molecule is CCCC[C@H]1OC(n2cc(C)c(N)nc2=O)C[C@H]1O[P+](O)(S)OC[C@H]1OC(n2cnc3c(N)ncnc32)C[C@H]1O[P+](O)(S)OC[C@H]1O[C@@H](n2cc(C)c(=O)[nH]c2=O)C[C@H]1O[P+](O)(S)OC[C@H]1O[C@@H](n2cnc3c(=O)[nH]c(N)nc32)C[C@H]1O[P+](O)(S)OC[C@H]1OC(n2cnc3c(N)ncnc32)C[C@H]1O[P+](O)(S)OC[C@H]1OC(n2cc(C)c(=O)[nH]c2=O)C[C@H]1O[P+](O)(S)OC. The number of nitrogen functional groups attached to an aromatic ring is 4. The number of nitrogens with zero attached hydrogens (tertiary/aromatic N) is 15. The van der Waals surface area contributed by atoms with Crippen LogP contribution in [0.3, 0.4) is 0 Å². The standard InChI is InChI=1S/C64H88N22O30P6S6/c1-6-7-8-31-32(9-43(105-31)81-15-28(2)52(65)76-62(81)90)112-118(94,124)100-20-40-35(12-46(108-40)84-25-73-49-53(66)69-23-71-55(49)84)115-121(97,127)102-19-39-34(11-45(107-39)83-17-30(4)59(88)80-64(83)92)113-119(95,125)104-22-42-37(14-48(110-42)86-27-75-51-57(86)77-61(68)78-60(51)89)116-122(98,128)103-21-41-36(13-47(109-41)85-26-74-50-54(67)70-24-72-56(50)85)114-120(96,126)101-18-38-33(111-117(93,123)99-5)10-44(106-38)82-16-29(3)58(87)79-63(82)91/h15-17,23-27,31-48,93-98,123-128H,6-14,18-22H2,1-5H3,(H7-4,65,66,67,68,69,70,71,72,76,77,78,79,80,87,88,89,90,91,92)/q+2/p+4/t31-,32-,33-,34-,35-,36-,37-,38-,39-,40-,41-,42-,43?,44?,45-,46?,47?,48-,117?,118?,119?,120?,121?,122?/m1/s1. The number of imidazole rings is 3. The maximum atomic E-state index is 13.6. The molecule has 6 aliphatic heterocycles. The van der Waals surface area contributed by atoms with Crippen LogP contribution in [0, 0.1) is 20.8 Å². The number of anilines is 4. The summed E-state index contributed by atoms with van der Waals surface area (Å²) in [5.74, 6) is -0.142. The molecular weight excluding hydrogens is 1940 g/mol. The zero-order chi connectivity index (χ0) is 91.6. The van der Waals surface area contributed by atoms with E-state index in [-0.39, 0.29) is 107 Å². The number of aromatic amines is 3. The molecule has 0 bridgehead atoms. The van der Waals surface area contributed by atoms with E-state index in [1.54, 1.807) is 6.92 Å². The zero-order valence-electron chi connectivity index (χ0n) is 67.8. The average Bonchev–Trinajstić information content (AvgIpc) is 1.75. The molecule has 17 N–H and O–H groups in total. The third kappa shape index (κ3) is 22.6. The summed E-state index contributed by atoms with van der Waals surface area (Å²) < 4.78 is 119. The fraction of sp³-hybridized carbons (Fsp3) is 0.578. The highest BCUT2D eigenvalue weighted by atomic mass is 32.7. The molecule has 698 valence electrons. The van der Waals surface area contributed by atoms with Crippen LogP contribution in [0.4, 0.5) is 23.4 Å². The van der Waals surface area contributed by atoms with Gasteiger partial charge in [0.15, 0.2) is 34.1 Å². The maximum absolute atomic E-state index is 13.6. The van der Waals surface area contributed by atoms with E-state index in [1.165, 1.54) is 82.3 Å². The molecule has 6 aliphatic rings. The lowest BCUT2D eigenvalue weighted by atomic mass is 10.1. The maximum Gasteiger partial charge on any atom is 0.475 e. The predicted octanol–water partition coefficient (Wildman–Crippen LogP) is 3.96. The number of thiol groups is 6. The van der Waals surface area contributed by atoms with Crippen LogP contribution in [0.25, 0.3) is 33.5 Å². The van der Waals surface area contributed by atoms with Crippen molar-refractivity contribution in [2.75, 3.05) is 63.1 Å². The fourth-order valence-corrected chi connectivity index (χ4v) is 23.8. The molecule has 10 unspecified atom stereocenters. The number of nitrogens with two attached hydrogens (primary N) is 4. The van der Waals surface area contributed by atoms with Crippen LogP contribution < -0.4 is 56.7 Å². The number of rotatable bonds is 37. The molecule has 9 aromatic heterocycles. The molecule has 0 amide bonds. The molecule has 24 atom stereocenters. The van der Waals surface area contributed by atoms with Gasteiger partial charge >= 0.3 is 59.9 Å². The topological polar surface area (TPSA) is 687 Å². The second-order valence-corrected chi connectivity index (χ2v) is 48.1. The third-order valence-corrected chi connectivity index (χ3v) is 31.5. The Morgan fingerprint density at radius 3 is 1.09 bits per heavy atom. The van der Waals surface area contributed by atoms with Crippen LogP contribution in [0.5, 0.6) is 0 Å². The number of aromatic nitrogens is 18. The van der Waals surface area contributed by atoms with Crippen LogP contribution in [0.15, 0.2) is 79.0 Å². The van der Waals surface area contributed by atoms with Crippen LogP contribution in [-0.2, 0) is 82.7 Å². The van der Waals surface area contributed by atoms with Gasteiger partial charge in [-0.05, 0) is 27.2 Å². The van der Waals surface area contributed by atoms with Crippen molar-refractivity contribution in [2.24, 2.45) is 0 Å². The van der Waals surface area contributed by atoms with Gasteiger partial charge in [-0.2, -0.15) is 93.6 Å². The van der Waals surface area contributed by atoms with E-state index in [2.05, 4.69) is 133 Å². The van der Waals surface area contributed by atoms with Crippen molar-refractivity contribution >= 4 is 173 Å². The van der Waals surface area contributed by atoms with Crippen molar-refractivity contribution in [1.82, 2.24) is 87.2 Å². The molecule has 0 spiro atoms. The minimum Gasteiger partial charge on any atom is -0.383 e. The lowest BCUT2D eigenvalue weighted by molar-refractivity contribution is -0.0571. The van der Waals surface area contributed by atoms with E-state index in [0.29, 0.717) is 18.4 Å². The number of aryl methyl sites for hydroxylation is 3. The monoisotopic (exact) mass is 2030 g/mol. The first-order valence-electron chi connectivity index (χ1n) is 38.9. The van der Waals surface area contributed by atoms with Crippen molar-refractivity contribution in [3.8, 4) is 0 Å². The molecule has 6 saturated heterocycles. The number of nitrogens with one attached hydrogen (secondary N) is 3. The minimum atomic E-state index is -4.57. The van der Waals surface area contributed by atoms with E-state index in [4.69, 9.17) is 106 Å². The van der Waals surface area contributed by atoms with Crippen molar-refractivity contribution in [3.05, 3.63) is 129 Å². The first-order valence-corrected chi connectivity index (χ1v) is 55.3. The summed E-state index contributed by atoms with van der Waals surface area (Å²) in [6, 6.07) is 0. The first kappa shape index (κ1) is 97.2. The summed E-state index contributed by atoms with van der Waals surface area (Å²) in [6.07, 6.45) is -9.38. The number of unbranched alkanes of at least 4 members (excludes halogenated alkanes) is 1. The Labute approximate surface area is 756 Å². The Kier molecular flexibility index (Phi) is 30.0. The van der Waals surface area contributed by atoms with E-state index in [0.717, 1.165) is 22.7 Å². The summed E-state index contributed by atoms with van der Waals surface area (Å²) in [6.45, 7) is 3.43. The highest BCUT2D eigenvalue weighted by molar-refractivity contribution is 8.48. The Hall–Kier alpha value is -5.39. The molecule has 52 nitrogen and oxygen atoms in total. The van der Waals surface area contributed by atoms with Crippen LogP contribution in [0.1, 0.15) is 119 Å². The molecular formula is C64H92N22O30P6S6+6. The van der Waals surface area contributed by atoms with Gasteiger partial charge in [0.1, 0.15) is 167 Å². The molecule has 0 radical (unpaired) electrons. The fourth-order valence-electron chi connectivity index (χ4n) is 15.1. The van der Waals surface area contributed by atoms with Gasteiger partial charge in [0.25, 0.3) is 16.7 Å². The molecule has 15 rings (SSSR count). The van der Waals surface area contributed by atoms with Crippen LogP contribution in [0.2, 0.25) is 0 Å². The van der Waals surface area contributed by atoms with Crippen molar-refractivity contribution in [3.63, 3.8) is 0 Å². The molecule has 9 aromatic rings. The highest BCUT2D eigenvalue weighted by Gasteiger charge is 2.59. The number of fused-ring (bicyclic) bond motifs is 3. The van der Waals surface area contributed by atoms with Gasteiger partial charge in [-0.3, -0.25) is 56.7 Å². The van der Waals surface area contributed by atoms with E-state index >= 15 is 0 Å². The largest absolute Gasteiger partial charge is 0.475 e. The Morgan fingerprint density at radius 1 is 0.398 bits per heavy atom. The molecule has 15 heterocycles. The van der Waals surface area contributed by atoms with Crippen molar-refractivity contribution in [1.29, 1.82) is 0 Å². The summed E-state index contributed by atoms with van der Waals surface area (Å²) in [5.41, 5.74) is 21.3. The Balaban J connectivity index is 0.645. The number of ether oxygens (including phenoxy) is 6. The van der Waals surface area contributed by atoms with Gasteiger partial charge in [-0.15, -0.1) is 0 Å². The first-order chi connectivity index (χ1) is 60.5. The van der Waals surface area contributed by atoms with E-state index in [9.17, 15) is 58.1 Å². The summed E-state index contributed by atoms with van der Waals surface area (Å²) in [4.78, 5) is 194. The van der Waals surface area contributed by atoms with Gasteiger partial charge in [0, 0.05) is 73.8 Å². The van der Waals surface area contributed by atoms with Crippen molar-refractivity contribution in [2.45, 2.75) is 196 Å². The lowest BCUT2D eigenvalue weighted by Crippen LogP contribution is -2.33. The highest BCUT2D eigenvalue weighted by Crippen LogP contribution is 2.70. The van der Waals surface area contributed by atoms with Gasteiger partial charge in [0.05, 0.1) is 106 Å². The number of hydrogen-bond acceptors (Lipinski definition) is 49. The predicted molar refractivity (Wildman–Crippen MR) is 477 cm³/mol. The van der Waals surface area contributed by atoms with Crippen LogP contribution in [-0.4, -0.2) is 230 Å². The van der Waals surface area contributed by atoms with E-state index < -0.39 is 220 Å². The number of H-pyrrole nitrogens is 3. The summed E-state index contributed by atoms with van der Waals surface area (Å²) in [5, 5.41) is 0. The molecule has 6 fully saturated rings. The molecule has 0 saturated carbocycles. The van der Waals surface area contributed by atoms with Gasteiger partial charge in [-0.25, -0.2) is 49.3 Å². The summed E-state index contributed by atoms with van der Waals surface area (Å²) in [7, 11) is -24.8. The normalized spacial score (nSPS) is 29.1. The van der Waals surface area contributed by atoms with Gasteiger partial charge in [-0.1, -0.05) is 19.8 Å². The average molecular weight is 2030 g/mol. The van der Waals surface area contributed by atoms with Crippen LogP contribution >= 0.6 is 116 Å². The smallest absolute Gasteiger partial charge is 0.383 e. The minimum absolute atomic E-state index is 0.0341. The van der Waals surface area contributed by atoms with E-state index in [1.807, 2.05) is 6.92 Å². The Morgan fingerprint density at radius 2 is 0.719 bits per heavy atom. The van der Waals surface area contributed by atoms with Crippen molar-refractivity contribution < 1.29 is 112 Å². The summed E-state index contributed by atoms with van der Waals surface area (Å²) >= 11 is 26.6. The third-order valence-electron chi connectivity index (χ3n) is 21.4. The zero-order valence-corrected chi connectivity index (χ0v) is 78.5. The van der Waals surface area contributed by atoms with Gasteiger partial charge < -0.3 is 51.4 Å². The van der Waals surface area contributed by atoms with Gasteiger partial charge in [0.2, 0.25) is 5.95 Å². The second-order valence-electron chi connectivity index (χ2n) is 30.2.